The first kappa shape index (κ1) is 17.3. The van der Waals surface area contributed by atoms with Gasteiger partial charge in [0.25, 0.3) is 5.91 Å². The number of nitrogens with zero attached hydrogens (tertiary/aromatic N) is 2. The summed E-state index contributed by atoms with van der Waals surface area (Å²) in [7, 11) is 0. The van der Waals surface area contributed by atoms with Gasteiger partial charge >= 0.3 is 0 Å². The Morgan fingerprint density at radius 2 is 1.58 bits per heavy atom. The maximum Gasteiger partial charge on any atom is 0.258 e. The van der Waals surface area contributed by atoms with Gasteiger partial charge in [-0.25, -0.2) is 9.97 Å². The van der Waals surface area contributed by atoms with E-state index in [0.29, 0.717) is 22.8 Å². The largest absolute Gasteiger partial charge is 0.324 e. The third-order valence-electron chi connectivity index (χ3n) is 3.72. The molecule has 6 heteroatoms. The van der Waals surface area contributed by atoms with Crippen LogP contribution in [0.3, 0.4) is 0 Å². The van der Waals surface area contributed by atoms with Crippen molar-refractivity contribution in [1.82, 2.24) is 9.97 Å². The minimum atomic E-state index is -0.277. The summed E-state index contributed by atoms with van der Waals surface area (Å²) in [6.07, 6.45) is 2.91. The van der Waals surface area contributed by atoms with E-state index < -0.39 is 0 Å². The molecule has 0 aliphatic heterocycles. The minimum absolute atomic E-state index is 0.0160. The van der Waals surface area contributed by atoms with E-state index in [1.165, 1.54) is 19.3 Å². The molecule has 2 N–H and O–H groups in total. The fraction of sp³-hybridized carbons (Fsp3) is 0.100. The van der Waals surface area contributed by atoms with Gasteiger partial charge < -0.3 is 10.6 Å². The van der Waals surface area contributed by atoms with Crippen molar-refractivity contribution >= 4 is 29.0 Å². The van der Waals surface area contributed by atoms with E-state index in [-0.39, 0.29) is 11.7 Å². The van der Waals surface area contributed by atoms with Crippen molar-refractivity contribution in [2.24, 2.45) is 0 Å². The summed E-state index contributed by atoms with van der Waals surface area (Å²) < 4.78 is 0. The molecule has 0 fully saturated rings. The van der Waals surface area contributed by atoms with Crippen molar-refractivity contribution in [2.75, 3.05) is 10.6 Å². The van der Waals surface area contributed by atoms with Gasteiger partial charge in [0.2, 0.25) is 5.95 Å². The zero-order valence-electron chi connectivity index (χ0n) is 14.5. The fourth-order valence-electron chi connectivity index (χ4n) is 2.38. The lowest BCUT2D eigenvalue weighted by atomic mass is 10.1. The Kier molecular flexibility index (Phi) is 5.03. The Balaban J connectivity index is 1.69. The summed E-state index contributed by atoms with van der Waals surface area (Å²) >= 11 is 0. The molecule has 1 heterocycles. The van der Waals surface area contributed by atoms with E-state index in [1.54, 1.807) is 18.2 Å². The van der Waals surface area contributed by atoms with E-state index in [9.17, 15) is 9.59 Å². The van der Waals surface area contributed by atoms with Gasteiger partial charge in [0.15, 0.2) is 5.78 Å². The quantitative estimate of drug-likeness (QED) is 0.683. The average molecular weight is 346 g/mol. The number of hydrogen-bond donors (Lipinski definition) is 2. The molecule has 6 nitrogen and oxygen atoms in total. The number of benzene rings is 2. The second-order valence-corrected chi connectivity index (χ2v) is 5.88. The van der Waals surface area contributed by atoms with Crippen LogP contribution in [0, 0.1) is 6.92 Å². The fourth-order valence-corrected chi connectivity index (χ4v) is 2.38. The van der Waals surface area contributed by atoms with E-state index >= 15 is 0 Å². The Morgan fingerprint density at radius 3 is 2.27 bits per heavy atom. The Hall–Kier alpha value is -3.54. The van der Waals surface area contributed by atoms with Crippen LogP contribution < -0.4 is 10.6 Å². The van der Waals surface area contributed by atoms with Crippen molar-refractivity contribution in [1.29, 1.82) is 0 Å². The monoisotopic (exact) mass is 346 g/mol. The van der Waals surface area contributed by atoms with Crippen LogP contribution in [0.1, 0.15) is 33.2 Å². The molecule has 0 unspecified atom stereocenters. The molecule has 3 aromatic rings. The maximum atomic E-state index is 12.3. The molecule has 0 aliphatic carbocycles. The van der Waals surface area contributed by atoms with E-state index in [0.717, 1.165) is 11.3 Å². The van der Waals surface area contributed by atoms with Crippen LogP contribution in [-0.2, 0) is 0 Å². The third kappa shape index (κ3) is 4.30. The smallest absolute Gasteiger partial charge is 0.258 e. The zero-order chi connectivity index (χ0) is 18.5. The molecular weight excluding hydrogens is 328 g/mol. The number of ketones is 1. The van der Waals surface area contributed by atoms with E-state index in [1.807, 2.05) is 37.3 Å². The lowest BCUT2D eigenvalue weighted by Gasteiger charge is -2.08. The molecular formula is C20H18N4O2. The van der Waals surface area contributed by atoms with Crippen LogP contribution in [0.5, 0.6) is 0 Å². The number of aromatic nitrogens is 2. The summed E-state index contributed by atoms with van der Waals surface area (Å²) in [5, 5.41) is 5.83. The minimum Gasteiger partial charge on any atom is -0.324 e. The van der Waals surface area contributed by atoms with Gasteiger partial charge in [-0.15, -0.1) is 0 Å². The highest BCUT2D eigenvalue weighted by Gasteiger charge is 2.08. The number of Topliss-reactive ketones (excluding diaryl/α,β-unsaturated/α-hetero) is 1. The second-order valence-electron chi connectivity index (χ2n) is 5.88. The first-order chi connectivity index (χ1) is 12.5. The van der Waals surface area contributed by atoms with Gasteiger partial charge in [0, 0.05) is 29.3 Å². The lowest BCUT2D eigenvalue weighted by Crippen LogP contribution is -2.13. The molecule has 26 heavy (non-hydrogen) atoms. The van der Waals surface area contributed by atoms with Crippen molar-refractivity contribution in [3.05, 3.63) is 77.6 Å². The van der Waals surface area contributed by atoms with Crippen LogP contribution in [0.4, 0.5) is 17.3 Å². The van der Waals surface area contributed by atoms with Gasteiger partial charge in [-0.1, -0.05) is 24.3 Å². The van der Waals surface area contributed by atoms with Gasteiger partial charge in [-0.2, -0.15) is 0 Å². The van der Waals surface area contributed by atoms with E-state index in [4.69, 9.17) is 0 Å². The predicted molar refractivity (Wildman–Crippen MR) is 101 cm³/mol. The summed E-state index contributed by atoms with van der Waals surface area (Å²) in [5.74, 6) is 0.0521. The van der Waals surface area contributed by atoms with Gasteiger partial charge in [-0.05, 0) is 43.7 Å². The number of carbonyl (C=O) groups excluding carboxylic acids is 2. The first-order valence-electron chi connectivity index (χ1n) is 8.09. The molecule has 3 rings (SSSR count). The van der Waals surface area contributed by atoms with Crippen LogP contribution >= 0.6 is 0 Å². The average Bonchev–Trinajstić information content (AvgIpc) is 2.62. The summed E-state index contributed by atoms with van der Waals surface area (Å²) in [6, 6.07) is 14.6. The Labute approximate surface area is 151 Å². The molecule has 0 atom stereocenters. The van der Waals surface area contributed by atoms with Crippen LogP contribution in [0.2, 0.25) is 0 Å². The Morgan fingerprint density at radius 1 is 0.885 bits per heavy atom. The van der Waals surface area contributed by atoms with E-state index in [2.05, 4.69) is 20.6 Å². The third-order valence-corrected chi connectivity index (χ3v) is 3.72. The number of carbonyl (C=O) groups is 2. The highest BCUT2D eigenvalue weighted by Crippen LogP contribution is 2.16. The number of rotatable bonds is 5. The number of hydrogen-bond acceptors (Lipinski definition) is 5. The van der Waals surface area contributed by atoms with Gasteiger partial charge in [-0.3, -0.25) is 9.59 Å². The lowest BCUT2D eigenvalue weighted by molar-refractivity contribution is 0.101. The molecule has 1 amide bonds. The SMILES string of the molecule is CC(=O)c1cccc(Nc2ncc(C(=O)Nc3cccc(C)c3)cn2)c1. The maximum absolute atomic E-state index is 12.3. The van der Waals surface area contributed by atoms with Gasteiger partial charge in [0.1, 0.15) is 0 Å². The highest BCUT2D eigenvalue weighted by molar-refractivity contribution is 6.04. The van der Waals surface area contributed by atoms with Crippen molar-refractivity contribution in [3.63, 3.8) is 0 Å². The molecule has 0 bridgehead atoms. The molecule has 2 aromatic carbocycles. The summed E-state index contributed by atoms with van der Waals surface area (Å²) in [5.41, 5.74) is 3.44. The number of nitrogens with one attached hydrogen (secondary N) is 2. The molecule has 130 valence electrons. The Bertz CT molecular complexity index is 952. The standard InChI is InChI=1S/C20H18N4O2/c1-13-5-3-7-17(9-13)23-19(26)16-11-21-20(22-12-16)24-18-8-4-6-15(10-18)14(2)25/h3-12H,1-2H3,(H,23,26)(H,21,22,24). The van der Waals surface area contributed by atoms with Crippen molar-refractivity contribution in [2.45, 2.75) is 13.8 Å². The van der Waals surface area contributed by atoms with Crippen LogP contribution in [-0.4, -0.2) is 21.7 Å². The number of aryl methyl sites for hydroxylation is 1. The molecule has 0 saturated heterocycles. The van der Waals surface area contributed by atoms with Crippen LogP contribution in [0.25, 0.3) is 0 Å². The molecule has 0 radical (unpaired) electrons. The van der Waals surface area contributed by atoms with Crippen LogP contribution in [0.15, 0.2) is 60.9 Å². The molecule has 1 aromatic heterocycles. The predicted octanol–water partition coefficient (Wildman–Crippen LogP) is 3.98. The summed E-state index contributed by atoms with van der Waals surface area (Å²) in [4.78, 5) is 32.0. The second kappa shape index (κ2) is 7.57. The number of amides is 1. The zero-order valence-corrected chi connectivity index (χ0v) is 14.5. The van der Waals surface area contributed by atoms with Crippen molar-refractivity contribution in [3.8, 4) is 0 Å². The summed E-state index contributed by atoms with van der Waals surface area (Å²) in [6.45, 7) is 3.47. The molecule has 0 aliphatic rings. The molecule has 0 spiro atoms. The normalized spacial score (nSPS) is 10.2. The molecule has 0 saturated carbocycles. The topological polar surface area (TPSA) is 84.0 Å². The first-order valence-corrected chi connectivity index (χ1v) is 8.09. The van der Waals surface area contributed by atoms with Crippen molar-refractivity contribution < 1.29 is 9.59 Å². The van der Waals surface area contributed by atoms with Gasteiger partial charge in [0.05, 0.1) is 5.56 Å². The number of anilines is 3. The highest BCUT2D eigenvalue weighted by atomic mass is 16.1.